The van der Waals surface area contributed by atoms with E-state index < -0.39 is 6.36 Å². The van der Waals surface area contributed by atoms with Gasteiger partial charge in [0.2, 0.25) is 0 Å². The molecule has 4 nitrogen and oxygen atoms in total. The quantitative estimate of drug-likeness (QED) is 0.363. The lowest BCUT2D eigenvalue weighted by Gasteiger charge is -2.12. The van der Waals surface area contributed by atoms with Crippen molar-refractivity contribution >= 4 is 21.7 Å². The minimum Gasteiger partial charge on any atom is -0.488 e. The number of rotatable bonds is 9. The Bertz CT molecular complexity index is 1010. The van der Waals surface area contributed by atoms with Crippen molar-refractivity contribution in [3.63, 3.8) is 0 Å². The van der Waals surface area contributed by atoms with Crippen LogP contribution in [0.4, 0.5) is 13.2 Å². The second-order valence-corrected chi connectivity index (χ2v) is 7.68. The van der Waals surface area contributed by atoms with Gasteiger partial charge in [-0.25, -0.2) is 0 Å². The van der Waals surface area contributed by atoms with Crippen molar-refractivity contribution in [3.8, 4) is 11.5 Å². The fourth-order valence-corrected chi connectivity index (χ4v) is 3.21. The normalized spacial score (nSPS) is 11.2. The molecule has 0 bridgehead atoms. The number of hydrogen-bond acceptors (Lipinski definition) is 4. The number of hydrogen-bond donors (Lipinski definition) is 0. The molecule has 8 heteroatoms. The van der Waals surface area contributed by atoms with Gasteiger partial charge in [-0.2, -0.15) is 0 Å². The summed E-state index contributed by atoms with van der Waals surface area (Å²) >= 11 is 3.25. The van der Waals surface area contributed by atoms with E-state index >= 15 is 0 Å². The third-order valence-electron chi connectivity index (χ3n) is 4.37. The molecular formula is C23H19BrF3NO3. The zero-order valence-electron chi connectivity index (χ0n) is 16.4. The summed E-state index contributed by atoms with van der Waals surface area (Å²) in [5, 5.41) is 0. The highest BCUT2D eigenvalue weighted by molar-refractivity contribution is 9.10. The van der Waals surface area contributed by atoms with Gasteiger partial charge in [-0.15, -0.1) is 13.2 Å². The van der Waals surface area contributed by atoms with E-state index in [9.17, 15) is 18.0 Å². The van der Waals surface area contributed by atoms with Gasteiger partial charge >= 0.3 is 6.36 Å². The van der Waals surface area contributed by atoms with Crippen LogP contribution in [0, 0.1) is 0 Å². The number of ether oxygens (including phenoxy) is 2. The number of alkyl halides is 3. The number of carbonyl (C=O) groups is 1. The van der Waals surface area contributed by atoms with Crippen molar-refractivity contribution in [1.29, 1.82) is 0 Å². The molecule has 2 aromatic carbocycles. The highest BCUT2D eigenvalue weighted by atomic mass is 79.9. The Morgan fingerprint density at radius 3 is 2.42 bits per heavy atom. The van der Waals surface area contributed by atoms with E-state index in [-0.39, 0.29) is 23.9 Å². The van der Waals surface area contributed by atoms with Gasteiger partial charge in [0.1, 0.15) is 23.9 Å². The van der Waals surface area contributed by atoms with E-state index in [2.05, 4.69) is 25.7 Å². The van der Waals surface area contributed by atoms with E-state index in [1.54, 1.807) is 12.4 Å². The van der Waals surface area contributed by atoms with Gasteiger partial charge in [0.25, 0.3) is 0 Å². The van der Waals surface area contributed by atoms with Crippen LogP contribution < -0.4 is 9.47 Å². The fraction of sp³-hybridized carbons (Fsp3) is 0.217. The molecule has 162 valence electrons. The van der Waals surface area contributed by atoms with Gasteiger partial charge in [-0.3, -0.25) is 9.78 Å². The first-order chi connectivity index (χ1) is 14.8. The average Bonchev–Trinajstić information content (AvgIpc) is 2.73. The standard InChI is InChI=1S/C23H19BrF3NO3/c24-21-10-9-20(31-23(25,26)27)13-22(21)30-15-18-5-3-16(4-6-18)12-19(29)8-7-17-2-1-11-28-14-17/h1-6,9-11,13-14H,7-8,12,15H2. The van der Waals surface area contributed by atoms with Crippen LogP contribution in [0.2, 0.25) is 0 Å². The van der Waals surface area contributed by atoms with E-state index in [1.165, 1.54) is 18.2 Å². The summed E-state index contributed by atoms with van der Waals surface area (Å²) in [7, 11) is 0. The summed E-state index contributed by atoms with van der Waals surface area (Å²) in [4.78, 5) is 16.2. The second-order valence-electron chi connectivity index (χ2n) is 6.82. The van der Waals surface area contributed by atoms with Crippen molar-refractivity contribution < 1.29 is 27.4 Å². The Morgan fingerprint density at radius 2 is 1.74 bits per heavy atom. The van der Waals surface area contributed by atoms with E-state index in [0.717, 1.165) is 16.7 Å². The zero-order valence-corrected chi connectivity index (χ0v) is 17.9. The van der Waals surface area contributed by atoms with Gasteiger partial charge < -0.3 is 9.47 Å². The van der Waals surface area contributed by atoms with Gasteiger partial charge in [0.15, 0.2) is 0 Å². The number of pyridine rings is 1. The molecule has 0 unspecified atom stereocenters. The number of ketones is 1. The maximum absolute atomic E-state index is 12.4. The molecular weight excluding hydrogens is 475 g/mol. The molecule has 3 rings (SSSR count). The molecule has 0 spiro atoms. The fourth-order valence-electron chi connectivity index (χ4n) is 2.85. The molecule has 3 aromatic rings. The largest absolute Gasteiger partial charge is 0.573 e. The highest BCUT2D eigenvalue weighted by Crippen LogP contribution is 2.32. The Kier molecular flexibility index (Phi) is 7.68. The van der Waals surface area contributed by atoms with Gasteiger partial charge in [-0.05, 0) is 57.2 Å². The number of aromatic nitrogens is 1. The summed E-state index contributed by atoms with van der Waals surface area (Å²) in [6.07, 6.45) is 0.124. The van der Waals surface area contributed by atoms with Crippen molar-refractivity contribution in [2.75, 3.05) is 0 Å². The predicted molar refractivity (Wildman–Crippen MR) is 113 cm³/mol. The number of Topliss-reactive ketones (excluding diaryl/α,β-unsaturated/α-hetero) is 1. The van der Waals surface area contributed by atoms with E-state index in [4.69, 9.17) is 4.74 Å². The molecule has 0 fully saturated rings. The summed E-state index contributed by atoms with van der Waals surface area (Å²) in [5.74, 6) is 0.0144. The molecule has 0 aliphatic carbocycles. The third-order valence-corrected chi connectivity index (χ3v) is 5.03. The Morgan fingerprint density at radius 1 is 1.00 bits per heavy atom. The van der Waals surface area contributed by atoms with Gasteiger partial charge in [-0.1, -0.05) is 30.3 Å². The second kappa shape index (κ2) is 10.4. The number of aryl methyl sites for hydroxylation is 1. The minimum atomic E-state index is -4.77. The Labute approximate surface area is 186 Å². The molecule has 0 saturated carbocycles. The van der Waals surface area contributed by atoms with Crippen LogP contribution in [0.25, 0.3) is 0 Å². The van der Waals surface area contributed by atoms with Crippen LogP contribution in [-0.2, 0) is 24.2 Å². The van der Waals surface area contributed by atoms with Crippen LogP contribution in [0.15, 0.2) is 71.5 Å². The molecule has 31 heavy (non-hydrogen) atoms. The molecule has 1 heterocycles. The van der Waals surface area contributed by atoms with Crippen LogP contribution in [-0.4, -0.2) is 17.1 Å². The van der Waals surface area contributed by atoms with E-state index in [0.29, 0.717) is 23.7 Å². The monoisotopic (exact) mass is 493 g/mol. The van der Waals surface area contributed by atoms with Crippen molar-refractivity contribution in [3.05, 3.63) is 88.2 Å². The first-order valence-electron chi connectivity index (χ1n) is 9.45. The minimum absolute atomic E-state index is 0.137. The van der Waals surface area contributed by atoms with Crippen LogP contribution in [0.3, 0.4) is 0 Å². The maximum atomic E-state index is 12.4. The van der Waals surface area contributed by atoms with E-state index in [1.807, 2.05) is 36.4 Å². The summed E-state index contributed by atoms with van der Waals surface area (Å²) < 4.78 is 47.2. The third kappa shape index (κ3) is 7.71. The summed E-state index contributed by atoms with van der Waals surface area (Å²) in [6.45, 7) is 0.156. The molecule has 0 amide bonds. The Balaban J connectivity index is 1.51. The van der Waals surface area contributed by atoms with Gasteiger partial charge in [0.05, 0.1) is 4.47 Å². The number of halogens is 4. The van der Waals surface area contributed by atoms with Crippen molar-refractivity contribution in [1.82, 2.24) is 4.98 Å². The van der Waals surface area contributed by atoms with Crippen molar-refractivity contribution in [2.24, 2.45) is 0 Å². The first kappa shape index (κ1) is 22.8. The lowest BCUT2D eigenvalue weighted by atomic mass is 10.0. The molecule has 0 saturated heterocycles. The van der Waals surface area contributed by atoms with Gasteiger partial charge in [0, 0.05) is 31.3 Å². The summed E-state index contributed by atoms with van der Waals surface area (Å²) in [6, 6.07) is 14.9. The average molecular weight is 494 g/mol. The smallest absolute Gasteiger partial charge is 0.488 e. The molecule has 0 aliphatic rings. The number of nitrogens with zero attached hydrogens (tertiary/aromatic N) is 1. The Hall–Kier alpha value is -2.87. The molecule has 0 N–H and O–H groups in total. The summed E-state index contributed by atoms with van der Waals surface area (Å²) in [5.41, 5.74) is 2.74. The van der Waals surface area contributed by atoms with Crippen LogP contribution >= 0.6 is 15.9 Å². The first-order valence-corrected chi connectivity index (χ1v) is 10.2. The molecule has 0 aliphatic heterocycles. The highest BCUT2D eigenvalue weighted by Gasteiger charge is 2.31. The SMILES string of the molecule is O=C(CCc1cccnc1)Cc1ccc(COc2cc(OC(F)(F)F)ccc2Br)cc1. The molecule has 0 atom stereocenters. The maximum Gasteiger partial charge on any atom is 0.573 e. The van der Waals surface area contributed by atoms with Crippen LogP contribution in [0.1, 0.15) is 23.1 Å². The molecule has 0 radical (unpaired) electrons. The number of carbonyl (C=O) groups excluding carboxylic acids is 1. The zero-order chi connectivity index (χ0) is 22.3. The topological polar surface area (TPSA) is 48.4 Å². The lowest BCUT2D eigenvalue weighted by Crippen LogP contribution is -2.17. The van der Waals surface area contributed by atoms with Crippen LogP contribution in [0.5, 0.6) is 11.5 Å². The molecule has 1 aromatic heterocycles. The van der Waals surface area contributed by atoms with Crippen molar-refractivity contribution in [2.45, 2.75) is 32.2 Å². The lowest BCUT2D eigenvalue weighted by molar-refractivity contribution is -0.274. The predicted octanol–water partition coefficient (Wildman–Crippen LogP) is 6.07. The number of benzene rings is 2.